The molecule has 0 saturated heterocycles. The third-order valence-corrected chi connectivity index (χ3v) is 1.62. The molecule has 0 unspecified atom stereocenters. The summed E-state index contributed by atoms with van der Waals surface area (Å²) in [5.74, 6) is 1.21. The summed E-state index contributed by atoms with van der Waals surface area (Å²) in [5.41, 5.74) is 1.05. The molecule has 13 heavy (non-hydrogen) atoms. The van der Waals surface area contributed by atoms with E-state index in [2.05, 4.69) is 29.8 Å². The van der Waals surface area contributed by atoms with Crippen LogP contribution in [0.25, 0.3) is 5.57 Å². The number of hydrogen-bond donors (Lipinski definition) is 0. The molecule has 1 heterocycles. The number of allylic oxidation sites excluding steroid dienone is 3. The van der Waals surface area contributed by atoms with Crippen LogP contribution >= 0.6 is 0 Å². The molecular weight excluding hydrogens is 164 g/mol. The van der Waals surface area contributed by atoms with Crippen LogP contribution in [-0.4, -0.2) is 10.2 Å². The molecule has 3 heteroatoms. The maximum atomic E-state index is 5.31. The SMILES string of the molecule is C=CC/C(=C\CC)c1nnc(C)o1. The van der Waals surface area contributed by atoms with Gasteiger partial charge in [-0.3, -0.25) is 0 Å². The zero-order valence-corrected chi connectivity index (χ0v) is 8.08. The summed E-state index contributed by atoms with van der Waals surface area (Å²) in [6.07, 6.45) is 5.65. The number of aromatic nitrogens is 2. The van der Waals surface area contributed by atoms with Crippen LogP contribution in [0.2, 0.25) is 0 Å². The van der Waals surface area contributed by atoms with E-state index in [0.717, 1.165) is 18.4 Å². The lowest BCUT2D eigenvalue weighted by molar-refractivity contribution is 0.504. The van der Waals surface area contributed by atoms with Crippen LogP contribution in [0.15, 0.2) is 23.1 Å². The largest absolute Gasteiger partial charge is 0.421 e. The van der Waals surface area contributed by atoms with Gasteiger partial charge in [-0.1, -0.05) is 19.1 Å². The van der Waals surface area contributed by atoms with Crippen molar-refractivity contribution in [2.24, 2.45) is 0 Å². The van der Waals surface area contributed by atoms with Crippen LogP contribution in [0.1, 0.15) is 31.5 Å². The predicted molar refractivity (Wildman–Crippen MR) is 52.1 cm³/mol. The van der Waals surface area contributed by atoms with E-state index in [1.807, 2.05) is 6.08 Å². The molecule has 0 fully saturated rings. The molecule has 3 nitrogen and oxygen atoms in total. The predicted octanol–water partition coefficient (Wildman–Crippen LogP) is 2.75. The van der Waals surface area contributed by atoms with Crippen molar-refractivity contribution < 1.29 is 4.42 Å². The molecule has 0 atom stereocenters. The van der Waals surface area contributed by atoms with Crippen LogP contribution in [0, 0.1) is 6.92 Å². The first-order valence-electron chi connectivity index (χ1n) is 4.38. The highest BCUT2D eigenvalue weighted by molar-refractivity contribution is 5.59. The Balaban J connectivity index is 2.88. The zero-order chi connectivity index (χ0) is 9.68. The van der Waals surface area contributed by atoms with Gasteiger partial charge in [0.05, 0.1) is 0 Å². The molecule has 0 aromatic carbocycles. The maximum Gasteiger partial charge on any atom is 0.243 e. The van der Waals surface area contributed by atoms with Crippen LogP contribution < -0.4 is 0 Å². The van der Waals surface area contributed by atoms with Gasteiger partial charge in [0, 0.05) is 12.5 Å². The third-order valence-electron chi connectivity index (χ3n) is 1.62. The van der Waals surface area contributed by atoms with Gasteiger partial charge in [0.1, 0.15) is 0 Å². The van der Waals surface area contributed by atoms with Crippen molar-refractivity contribution in [2.45, 2.75) is 26.7 Å². The lowest BCUT2D eigenvalue weighted by Crippen LogP contribution is -1.83. The normalized spacial score (nSPS) is 11.7. The molecule has 1 aromatic rings. The van der Waals surface area contributed by atoms with Gasteiger partial charge in [0.15, 0.2) is 0 Å². The first-order chi connectivity index (χ1) is 6.27. The standard InChI is InChI=1S/C10H14N2O/c1-4-6-9(7-5-2)10-12-11-8(3)13-10/h4,7H,1,5-6H2,2-3H3/b9-7+. The van der Waals surface area contributed by atoms with E-state index in [4.69, 9.17) is 4.42 Å². The Morgan fingerprint density at radius 1 is 1.54 bits per heavy atom. The van der Waals surface area contributed by atoms with Gasteiger partial charge in [-0.15, -0.1) is 16.8 Å². The van der Waals surface area contributed by atoms with E-state index in [1.54, 1.807) is 6.92 Å². The lowest BCUT2D eigenvalue weighted by atomic mass is 10.1. The molecule has 0 N–H and O–H groups in total. The zero-order valence-electron chi connectivity index (χ0n) is 8.08. The topological polar surface area (TPSA) is 38.9 Å². The summed E-state index contributed by atoms with van der Waals surface area (Å²) in [4.78, 5) is 0. The fourth-order valence-corrected chi connectivity index (χ4v) is 1.09. The molecule has 70 valence electrons. The van der Waals surface area contributed by atoms with E-state index in [1.165, 1.54) is 0 Å². The maximum absolute atomic E-state index is 5.31. The number of hydrogen-bond acceptors (Lipinski definition) is 3. The summed E-state index contributed by atoms with van der Waals surface area (Å²) < 4.78 is 5.31. The highest BCUT2D eigenvalue weighted by atomic mass is 16.4. The minimum atomic E-state index is 0.598. The van der Waals surface area contributed by atoms with Gasteiger partial charge in [-0.05, 0) is 12.8 Å². The molecule has 0 aliphatic rings. The summed E-state index contributed by atoms with van der Waals surface area (Å²) in [5, 5.41) is 7.73. The Kier molecular flexibility index (Phi) is 3.43. The van der Waals surface area contributed by atoms with Gasteiger partial charge in [0.25, 0.3) is 0 Å². The van der Waals surface area contributed by atoms with E-state index in [0.29, 0.717) is 11.8 Å². The molecule has 0 saturated carbocycles. The van der Waals surface area contributed by atoms with E-state index in [-0.39, 0.29) is 0 Å². The number of rotatable bonds is 4. The summed E-state index contributed by atoms with van der Waals surface area (Å²) in [7, 11) is 0. The van der Waals surface area contributed by atoms with Gasteiger partial charge >= 0.3 is 0 Å². The fourth-order valence-electron chi connectivity index (χ4n) is 1.09. The average molecular weight is 178 g/mol. The van der Waals surface area contributed by atoms with E-state index in [9.17, 15) is 0 Å². The number of nitrogens with zero attached hydrogens (tertiary/aromatic N) is 2. The second kappa shape index (κ2) is 4.60. The van der Waals surface area contributed by atoms with Crippen LogP contribution in [0.4, 0.5) is 0 Å². The van der Waals surface area contributed by atoms with Gasteiger partial charge in [0.2, 0.25) is 11.8 Å². The molecule has 1 rings (SSSR count). The van der Waals surface area contributed by atoms with Crippen LogP contribution in [-0.2, 0) is 0 Å². The minimum Gasteiger partial charge on any atom is -0.421 e. The minimum absolute atomic E-state index is 0.598. The van der Waals surface area contributed by atoms with Crippen LogP contribution in [0.5, 0.6) is 0 Å². The Morgan fingerprint density at radius 2 is 2.31 bits per heavy atom. The second-order valence-electron chi connectivity index (χ2n) is 2.76. The second-order valence-corrected chi connectivity index (χ2v) is 2.76. The third kappa shape index (κ3) is 2.54. The first-order valence-corrected chi connectivity index (χ1v) is 4.38. The van der Waals surface area contributed by atoms with Crippen LogP contribution in [0.3, 0.4) is 0 Å². The van der Waals surface area contributed by atoms with Crippen molar-refractivity contribution in [1.82, 2.24) is 10.2 Å². The highest BCUT2D eigenvalue weighted by Crippen LogP contribution is 2.17. The van der Waals surface area contributed by atoms with Gasteiger partial charge < -0.3 is 4.42 Å². The van der Waals surface area contributed by atoms with Crippen molar-refractivity contribution in [3.63, 3.8) is 0 Å². The summed E-state index contributed by atoms with van der Waals surface area (Å²) in [6.45, 7) is 7.55. The molecule has 1 aromatic heterocycles. The van der Waals surface area contributed by atoms with E-state index < -0.39 is 0 Å². The van der Waals surface area contributed by atoms with E-state index >= 15 is 0 Å². The molecule has 0 radical (unpaired) electrons. The average Bonchev–Trinajstić information content (AvgIpc) is 2.51. The van der Waals surface area contributed by atoms with Gasteiger partial charge in [-0.2, -0.15) is 0 Å². The Labute approximate surface area is 78.2 Å². The summed E-state index contributed by atoms with van der Waals surface area (Å²) in [6, 6.07) is 0. The molecule has 0 aliphatic heterocycles. The Bertz CT molecular complexity index is 312. The van der Waals surface area contributed by atoms with Crippen molar-refractivity contribution in [2.75, 3.05) is 0 Å². The first kappa shape index (κ1) is 9.71. The monoisotopic (exact) mass is 178 g/mol. The Hall–Kier alpha value is -1.38. The molecule has 0 bridgehead atoms. The quantitative estimate of drug-likeness (QED) is 0.665. The number of aryl methyl sites for hydroxylation is 1. The Morgan fingerprint density at radius 3 is 2.77 bits per heavy atom. The van der Waals surface area contributed by atoms with Crippen molar-refractivity contribution >= 4 is 5.57 Å². The van der Waals surface area contributed by atoms with Crippen molar-refractivity contribution in [3.8, 4) is 0 Å². The molecule has 0 amide bonds. The lowest BCUT2D eigenvalue weighted by Gasteiger charge is -1.96. The molecule has 0 aliphatic carbocycles. The molecular formula is C10H14N2O. The highest BCUT2D eigenvalue weighted by Gasteiger charge is 2.06. The van der Waals surface area contributed by atoms with Crippen molar-refractivity contribution in [1.29, 1.82) is 0 Å². The van der Waals surface area contributed by atoms with Gasteiger partial charge in [-0.25, -0.2) is 0 Å². The smallest absolute Gasteiger partial charge is 0.243 e. The molecule has 0 spiro atoms. The van der Waals surface area contributed by atoms with Crippen molar-refractivity contribution in [3.05, 3.63) is 30.5 Å². The fraction of sp³-hybridized carbons (Fsp3) is 0.400. The summed E-state index contributed by atoms with van der Waals surface area (Å²) >= 11 is 0.